The van der Waals surface area contributed by atoms with E-state index >= 15 is 0 Å². The molecule has 0 radical (unpaired) electrons. The lowest BCUT2D eigenvalue weighted by Crippen LogP contribution is -2.47. The molecule has 0 amide bonds. The third-order valence-electron chi connectivity index (χ3n) is 2.23. The van der Waals surface area contributed by atoms with Gasteiger partial charge in [-0.3, -0.25) is 4.79 Å². The first kappa shape index (κ1) is 16.4. The normalized spacial score (nSPS) is 11.5. The third kappa shape index (κ3) is 8.12. The molecule has 0 bridgehead atoms. The van der Waals surface area contributed by atoms with Crippen LogP contribution in [0.1, 0.15) is 27.2 Å². The minimum absolute atomic E-state index is 0.250. The Labute approximate surface area is 104 Å². The van der Waals surface area contributed by atoms with Gasteiger partial charge in [0, 0.05) is 20.3 Å². The van der Waals surface area contributed by atoms with E-state index in [1.165, 1.54) is 0 Å². The van der Waals surface area contributed by atoms with E-state index in [4.69, 9.17) is 14.2 Å². The predicted octanol–water partition coefficient (Wildman–Crippen LogP) is 0.971. The highest BCUT2D eigenvalue weighted by Crippen LogP contribution is 2.04. The van der Waals surface area contributed by atoms with Gasteiger partial charge in [-0.15, -0.1) is 0 Å². The molecule has 0 aliphatic carbocycles. The SMILES string of the molecule is CCNC(C)(C)C(=O)OCCOCCCOC. The van der Waals surface area contributed by atoms with E-state index in [1.807, 2.05) is 6.92 Å². The Kier molecular flexibility index (Phi) is 9.03. The van der Waals surface area contributed by atoms with Crippen LogP contribution in [0, 0.1) is 0 Å². The fraction of sp³-hybridized carbons (Fsp3) is 0.917. The zero-order valence-corrected chi connectivity index (χ0v) is 11.4. The van der Waals surface area contributed by atoms with Gasteiger partial charge >= 0.3 is 5.97 Å². The van der Waals surface area contributed by atoms with Crippen molar-refractivity contribution < 1.29 is 19.0 Å². The van der Waals surface area contributed by atoms with Gasteiger partial charge in [-0.1, -0.05) is 6.92 Å². The van der Waals surface area contributed by atoms with Crippen molar-refractivity contribution in [2.75, 3.05) is 40.1 Å². The molecule has 0 aromatic carbocycles. The van der Waals surface area contributed by atoms with E-state index in [0.717, 1.165) is 13.0 Å². The summed E-state index contributed by atoms with van der Waals surface area (Å²) in [5.74, 6) is -0.250. The van der Waals surface area contributed by atoms with E-state index in [2.05, 4.69) is 5.32 Å². The minimum Gasteiger partial charge on any atom is -0.462 e. The molecule has 0 spiro atoms. The second-order valence-corrected chi connectivity index (χ2v) is 4.25. The molecule has 0 aromatic heterocycles. The lowest BCUT2D eigenvalue weighted by atomic mass is 10.1. The Morgan fingerprint density at radius 1 is 1.18 bits per heavy atom. The van der Waals surface area contributed by atoms with E-state index in [1.54, 1.807) is 21.0 Å². The molecular formula is C12H25NO4. The second-order valence-electron chi connectivity index (χ2n) is 4.25. The first-order chi connectivity index (χ1) is 8.04. The third-order valence-corrected chi connectivity index (χ3v) is 2.23. The molecule has 1 N–H and O–H groups in total. The summed E-state index contributed by atoms with van der Waals surface area (Å²) in [4.78, 5) is 11.6. The summed E-state index contributed by atoms with van der Waals surface area (Å²) in [6, 6.07) is 0. The summed E-state index contributed by atoms with van der Waals surface area (Å²) < 4.78 is 15.3. The summed E-state index contributed by atoms with van der Waals surface area (Å²) in [5.41, 5.74) is -0.634. The molecule has 0 unspecified atom stereocenters. The summed E-state index contributed by atoms with van der Waals surface area (Å²) >= 11 is 0. The molecule has 0 heterocycles. The average molecular weight is 247 g/mol. The van der Waals surface area contributed by atoms with Crippen LogP contribution >= 0.6 is 0 Å². The van der Waals surface area contributed by atoms with Crippen LogP contribution in [0.3, 0.4) is 0 Å². The molecule has 102 valence electrons. The number of carbonyl (C=O) groups is 1. The standard InChI is InChI=1S/C12H25NO4/c1-5-13-12(2,3)11(14)17-10-9-16-8-6-7-15-4/h13H,5-10H2,1-4H3. The fourth-order valence-electron chi connectivity index (χ4n) is 1.30. The van der Waals surface area contributed by atoms with Gasteiger partial charge < -0.3 is 19.5 Å². The molecule has 5 nitrogen and oxygen atoms in total. The van der Waals surface area contributed by atoms with Crippen LogP contribution in [0.25, 0.3) is 0 Å². The number of esters is 1. The largest absolute Gasteiger partial charge is 0.462 e. The first-order valence-electron chi connectivity index (χ1n) is 6.03. The molecule has 17 heavy (non-hydrogen) atoms. The molecule has 0 aliphatic heterocycles. The van der Waals surface area contributed by atoms with Crippen LogP contribution in [0.2, 0.25) is 0 Å². The lowest BCUT2D eigenvalue weighted by Gasteiger charge is -2.23. The lowest BCUT2D eigenvalue weighted by molar-refractivity contribution is -0.151. The number of methoxy groups -OCH3 is 1. The van der Waals surface area contributed by atoms with Gasteiger partial charge in [-0.05, 0) is 26.8 Å². The molecule has 0 saturated heterocycles. The fourth-order valence-corrected chi connectivity index (χ4v) is 1.30. The van der Waals surface area contributed by atoms with Crippen LogP contribution in [0.15, 0.2) is 0 Å². The van der Waals surface area contributed by atoms with Crippen molar-refractivity contribution >= 4 is 5.97 Å². The minimum atomic E-state index is -0.634. The van der Waals surface area contributed by atoms with Gasteiger partial charge in [0.15, 0.2) is 0 Å². The molecular weight excluding hydrogens is 222 g/mol. The molecule has 5 heteroatoms. The van der Waals surface area contributed by atoms with Crippen LogP contribution in [-0.2, 0) is 19.0 Å². The molecule has 0 saturated carbocycles. The highest BCUT2D eigenvalue weighted by Gasteiger charge is 2.27. The van der Waals surface area contributed by atoms with Gasteiger partial charge in [0.05, 0.1) is 6.61 Å². The summed E-state index contributed by atoms with van der Waals surface area (Å²) in [5, 5.41) is 3.06. The smallest absolute Gasteiger partial charge is 0.325 e. The Morgan fingerprint density at radius 3 is 2.47 bits per heavy atom. The average Bonchev–Trinajstić information content (AvgIpc) is 2.27. The Morgan fingerprint density at radius 2 is 1.88 bits per heavy atom. The van der Waals surface area contributed by atoms with Gasteiger partial charge in [0.2, 0.25) is 0 Å². The van der Waals surface area contributed by atoms with Crippen molar-refractivity contribution in [2.24, 2.45) is 0 Å². The van der Waals surface area contributed by atoms with Crippen molar-refractivity contribution in [3.8, 4) is 0 Å². The summed E-state index contributed by atoms with van der Waals surface area (Å²) in [6.45, 7) is 8.33. The molecule has 0 rings (SSSR count). The number of nitrogens with one attached hydrogen (secondary N) is 1. The maximum Gasteiger partial charge on any atom is 0.325 e. The van der Waals surface area contributed by atoms with Crippen LogP contribution in [0.4, 0.5) is 0 Å². The zero-order chi connectivity index (χ0) is 13.1. The maximum absolute atomic E-state index is 11.6. The van der Waals surface area contributed by atoms with Crippen molar-refractivity contribution in [2.45, 2.75) is 32.7 Å². The monoisotopic (exact) mass is 247 g/mol. The maximum atomic E-state index is 11.6. The first-order valence-corrected chi connectivity index (χ1v) is 6.03. The topological polar surface area (TPSA) is 56.8 Å². The van der Waals surface area contributed by atoms with E-state index < -0.39 is 5.54 Å². The van der Waals surface area contributed by atoms with E-state index in [-0.39, 0.29) is 5.97 Å². The van der Waals surface area contributed by atoms with Gasteiger partial charge in [0.25, 0.3) is 0 Å². The molecule has 0 fully saturated rings. The van der Waals surface area contributed by atoms with Crippen molar-refractivity contribution in [3.63, 3.8) is 0 Å². The Bertz CT molecular complexity index is 207. The number of rotatable bonds is 10. The summed E-state index contributed by atoms with van der Waals surface area (Å²) in [7, 11) is 1.66. The molecule has 0 atom stereocenters. The quantitative estimate of drug-likeness (QED) is 0.460. The number of hydrogen-bond donors (Lipinski definition) is 1. The van der Waals surface area contributed by atoms with Crippen LogP contribution < -0.4 is 5.32 Å². The predicted molar refractivity (Wildman–Crippen MR) is 66.0 cm³/mol. The Hall–Kier alpha value is -0.650. The van der Waals surface area contributed by atoms with Gasteiger partial charge in [0.1, 0.15) is 12.1 Å². The number of hydrogen-bond acceptors (Lipinski definition) is 5. The van der Waals surface area contributed by atoms with Gasteiger partial charge in [-0.2, -0.15) is 0 Å². The van der Waals surface area contributed by atoms with Crippen LogP contribution in [-0.4, -0.2) is 51.6 Å². The molecule has 0 aliphatic rings. The van der Waals surface area contributed by atoms with E-state index in [0.29, 0.717) is 26.4 Å². The number of ether oxygens (including phenoxy) is 3. The van der Waals surface area contributed by atoms with Crippen molar-refractivity contribution in [3.05, 3.63) is 0 Å². The highest BCUT2D eigenvalue weighted by molar-refractivity contribution is 5.79. The number of carbonyl (C=O) groups excluding carboxylic acids is 1. The molecule has 0 aromatic rings. The Balaban J connectivity index is 3.51. The highest BCUT2D eigenvalue weighted by atomic mass is 16.6. The summed E-state index contributed by atoms with van der Waals surface area (Å²) in [6.07, 6.45) is 0.854. The van der Waals surface area contributed by atoms with Gasteiger partial charge in [-0.25, -0.2) is 0 Å². The number of likely N-dealkylation sites (N-methyl/N-ethyl adjacent to an activating group) is 1. The van der Waals surface area contributed by atoms with E-state index in [9.17, 15) is 4.79 Å². The zero-order valence-electron chi connectivity index (χ0n) is 11.4. The second kappa shape index (κ2) is 9.39. The van der Waals surface area contributed by atoms with Crippen molar-refractivity contribution in [1.29, 1.82) is 0 Å². The van der Waals surface area contributed by atoms with Crippen molar-refractivity contribution in [1.82, 2.24) is 5.32 Å². The van der Waals surface area contributed by atoms with Crippen LogP contribution in [0.5, 0.6) is 0 Å².